The predicted octanol–water partition coefficient (Wildman–Crippen LogP) is 2.77. The second-order valence-corrected chi connectivity index (χ2v) is 7.35. The topological polar surface area (TPSA) is 115 Å². The third-order valence-corrected chi connectivity index (χ3v) is 5.15. The van der Waals surface area contributed by atoms with E-state index in [2.05, 4.69) is 10.1 Å². The van der Waals surface area contributed by atoms with E-state index in [-0.39, 0.29) is 24.2 Å². The van der Waals surface area contributed by atoms with Crippen molar-refractivity contribution in [2.45, 2.75) is 51.1 Å². The van der Waals surface area contributed by atoms with E-state index in [0.717, 1.165) is 12.8 Å². The molecule has 0 aliphatic carbocycles. The van der Waals surface area contributed by atoms with Crippen LogP contribution in [0.3, 0.4) is 0 Å². The monoisotopic (exact) mass is 457 g/mol. The van der Waals surface area contributed by atoms with Crippen molar-refractivity contribution in [3.8, 4) is 5.75 Å². The van der Waals surface area contributed by atoms with Gasteiger partial charge in [-0.15, -0.1) is 0 Å². The maximum absolute atomic E-state index is 13.1. The minimum Gasteiger partial charge on any atom is -0.484 e. The fourth-order valence-corrected chi connectivity index (χ4v) is 3.77. The number of pyridine rings is 1. The number of carbonyl (C=O) groups excluding carboxylic acids is 1. The Hall–Kier alpha value is -3.15. The average molecular weight is 457 g/mol. The van der Waals surface area contributed by atoms with Crippen LogP contribution >= 0.6 is 0 Å². The summed E-state index contributed by atoms with van der Waals surface area (Å²) in [5.41, 5.74) is 1.17. The number of carboxylic acid groups (broad SMARTS) is 1. The van der Waals surface area contributed by atoms with Crippen LogP contribution < -0.4 is 4.74 Å². The number of nitrogens with zero attached hydrogens (tertiary/aromatic N) is 3. The van der Waals surface area contributed by atoms with Gasteiger partial charge in [0.2, 0.25) is 0 Å². The van der Waals surface area contributed by atoms with Gasteiger partial charge in [0.1, 0.15) is 29.3 Å². The van der Waals surface area contributed by atoms with E-state index < -0.39 is 12.1 Å². The van der Waals surface area contributed by atoms with Crippen molar-refractivity contribution in [3.63, 3.8) is 0 Å². The number of likely N-dealkylation sites (tertiary alicyclic amines) is 1. The third-order valence-electron chi connectivity index (χ3n) is 5.15. The maximum atomic E-state index is 13.1. The van der Waals surface area contributed by atoms with Crippen LogP contribution in [0.4, 0.5) is 13.2 Å². The fraction of sp³-hybridized carbons (Fsp3) is 0.500. The number of ether oxygens (including phenoxy) is 2. The van der Waals surface area contributed by atoms with Gasteiger partial charge in [-0.1, -0.05) is 5.16 Å². The minimum absolute atomic E-state index is 0.0108. The molecular weight excluding hydrogens is 435 g/mol. The number of fused-ring (bicyclic) bond motifs is 1. The van der Waals surface area contributed by atoms with Crippen LogP contribution in [-0.4, -0.2) is 69.6 Å². The number of rotatable bonds is 3. The molecule has 3 atom stereocenters. The van der Waals surface area contributed by atoms with Gasteiger partial charge in [-0.25, -0.2) is 4.79 Å². The zero-order valence-corrected chi connectivity index (χ0v) is 17.3. The third kappa shape index (κ3) is 5.18. The number of hydrogen-bond donors (Lipinski definition) is 1. The largest absolute Gasteiger partial charge is 0.490 e. The number of alkyl halides is 3. The molecule has 4 heterocycles. The van der Waals surface area contributed by atoms with E-state index in [0.29, 0.717) is 35.9 Å². The number of amides is 1. The van der Waals surface area contributed by atoms with Gasteiger partial charge in [-0.3, -0.25) is 9.78 Å². The first kappa shape index (κ1) is 23.5. The Kier molecular flexibility index (Phi) is 7.02. The van der Waals surface area contributed by atoms with E-state index >= 15 is 0 Å². The van der Waals surface area contributed by atoms with Crippen molar-refractivity contribution in [3.05, 3.63) is 41.5 Å². The highest BCUT2D eigenvalue weighted by atomic mass is 19.4. The molecule has 4 rings (SSSR count). The van der Waals surface area contributed by atoms with Gasteiger partial charge in [-0.05, 0) is 38.8 Å². The quantitative estimate of drug-likeness (QED) is 0.748. The van der Waals surface area contributed by atoms with Gasteiger partial charge in [-0.2, -0.15) is 13.2 Å². The molecule has 2 aliphatic rings. The summed E-state index contributed by atoms with van der Waals surface area (Å²) in [4.78, 5) is 27.9. The van der Waals surface area contributed by atoms with Gasteiger partial charge in [0.05, 0.1) is 24.5 Å². The van der Waals surface area contributed by atoms with E-state index in [1.54, 1.807) is 26.2 Å². The molecule has 2 aliphatic heterocycles. The van der Waals surface area contributed by atoms with E-state index in [4.69, 9.17) is 23.9 Å². The number of hydrogen-bond acceptors (Lipinski definition) is 7. The molecule has 2 aromatic heterocycles. The predicted molar refractivity (Wildman–Crippen MR) is 102 cm³/mol. The van der Waals surface area contributed by atoms with Crippen molar-refractivity contribution in [2.24, 2.45) is 0 Å². The molecule has 0 aromatic carbocycles. The highest BCUT2D eigenvalue weighted by Crippen LogP contribution is 2.33. The van der Waals surface area contributed by atoms with Crippen LogP contribution in [0, 0.1) is 13.8 Å². The molecule has 0 unspecified atom stereocenters. The summed E-state index contributed by atoms with van der Waals surface area (Å²) < 4.78 is 49.0. The normalized spacial score (nSPS) is 22.5. The summed E-state index contributed by atoms with van der Waals surface area (Å²) in [5, 5.41) is 11.0. The average Bonchev–Trinajstić information content (AvgIpc) is 3.28. The smallest absolute Gasteiger partial charge is 0.484 e. The molecule has 9 nitrogen and oxygen atoms in total. The standard InChI is InChI=1S/C18H21N3O4.C2HF3O2/c1-11-16(12(2)25-20-11)18(22)21-10-15(17-14(21)6-4-8-23-17)24-13-5-3-7-19-9-13;3-2(4,5)1(6)7/h3,5,7,9,14-15,17H,4,6,8,10H2,1-2H3;(H,6,7)/t14-,15-,17+;/m1./s1. The van der Waals surface area contributed by atoms with Crippen LogP contribution in [0.5, 0.6) is 5.75 Å². The van der Waals surface area contributed by atoms with Crippen molar-refractivity contribution in [1.29, 1.82) is 0 Å². The number of aromatic nitrogens is 2. The van der Waals surface area contributed by atoms with E-state index in [1.165, 1.54) is 0 Å². The lowest BCUT2D eigenvalue weighted by Crippen LogP contribution is -2.44. The Morgan fingerprint density at radius 3 is 2.59 bits per heavy atom. The van der Waals surface area contributed by atoms with Crippen LogP contribution in [-0.2, 0) is 9.53 Å². The molecule has 174 valence electrons. The molecule has 0 saturated carbocycles. The van der Waals surface area contributed by atoms with Gasteiger partial charge >= 0.3 is 12.1 Å². The zero-order valence-electron chi connectivity index (χ0n) is 17.3. The van der Waals surface area contributed by atoms with Crippen LogP contribution in [0.2, 0.25) is 0 Å². The Labute approximate surface area is 181 Å². The molecule has 32 heavy (non-hydrogen) atoms. The van der Waals surface area contributed by atoms with Crippen molar-refractivity contribution >= 4 is 11.9 Å². The molecule has 0 spiro atoms. The Morgan fingerprint density at radius 2 is 2.03 bits per heavy atom. The number of carboxylic acids is 1. The highest BCUT2D eigenvalue weighted by Gasteiger charge is 2.48. The maximum Gasteiger partial charge on any atom is 0.490 e. The molecule has 1 N–H and O–H groups in total. The van der Waals surface area contributed by atoms with Crippen molar-refractivity contribution < 1.29 is 41.9 Å². The van der Waals surface area contributed by atoms with E-state index in [1.807, 2.05) is 17.0 Å². The molecule has 0 bridgehead atoms. The minimum atomic E-state index is -5.08. The Balaban J connectivity index is 0.000000360. The summed E-state index contributed by atoms with van der Waals surface area (Å²) in [7, 11) is 0. The molecule has 12 heteroatoms. The summed E-state index contributed by atoms with van der Waals surface area (Å²) in [6.07, 6.45) is -0.193. The number of aliphatic carboxylic acids is 1. The molecule has 2 aromatic rings. The number of carbonyl (C=O) groups is 2. The molecule has 2 saturated heterocycles. The summed E-state index contributed by atoms with van der Waals surface area (Å²) >= 11 is 0. The SMILES string of the molecule is Cc1noc(C)c1C(=O)N1C[C@@H](Oc2cccnc2)[C@H]2OCCC[C@H]21.O=C(O)C(F)(F)F. The second-order valence-electron chi connectivity index (χ2n) is 7.35. The van der Waals surface area contributed by atoms with Gasteiger partial charge in [0.15, 0.2) is 0 Å². The second kappa shape index (κ2) is 9.55. The van der Waals surface area contributed by atoms with Gasteiger partial charge < -0.3 is 24.0 Å². The lowest BCUT2D eigenvalue weighted by Gasteiger charge is -2.32. The Morgan fingerprint density at radius 1 is 1.31 bits per heavy atom. The van der Waals surface area contributed by atoms with Gasteiger partial charge in [0.25, 0.3) is 5.91 Å². The first-order chi connectivity index (χ1) is 15.1. The van der Waals surface area contributed by atoms with E-state index in [9.17, 15) is 18.0 Å². The van der Waals surface area contributed by atoms with Crippen molar-refractivity contribution in [1.82, 2.24) is 15.0 Å². The fourth-order valence-electron chi connectivity index (χ4n) is 3.77. The molecule has 0 radical (unpaired) electrons. The lowest BCUT2D eigenvalue weighted by atomic mass is 10.0. The first-order valence-electron chi connectivity index (χ1n) is 9.81. The van der Waals surface area contributed by atoms with Crippen LogP contribution in [0.15, 0.2) is 29.0 Å². The number of aryl methyl sites for hydroxylation is 2. The van der Waals surface area contributed by atoms with Crippen LogP contribution in [0.25, 0.3) is 0 Å². The van der Waals surface area contributed by atoms with Gasteiger partial charge in [0, 0.05) is 12.8 Å². The Bertz CT molecular complexity index is 930. The molecule has 2 fully saturated rings. The highest BCUT2D eigenvalue weighted by molar-refractivity contribution is 5.96. The summed E-state index contributed by atoms with van der Waals surface area (Å²) in [6.45, 7) is 4.73. The zero-order chi connectivity index (χ0) is 23.5. The van der Waals surface area contributed by atoms with Crippen LogP contribution in [0.1, 0.15) is 34.7 Å². The molecular formula is C20H22F3N3O6. The van der Waals surface area contributed by atoms with Crippen molar-refractivity contribution in [2.75, 3.05) is 13.2 Å². The number of halogens is 3. The first-order valence-corrected chi connectivity index (χ1v) is 9.81. The summed E-state index contributed by atoms with van der Waals surface area (Å²) in [6, 6.07) is 3.71. The molecule has 1 amide bonds. The summed E-state index contributed by atoms with van der Waals surface area (Å²) in [5.74, 6) is -1.58. The lowest BCUT2D eigenvalue weighted by molar-refractivity contribution is -0.192.